The van der Waals surface area contributed by atoms with Crippen molar-refractivity contribution in [2.75, 3.05) is 11.9 Å². The second kappa shape index (κ2) is 5.81. The summed E-state index contributed by atoms with van der Waals surface area (Å²) in [4.78, 5) is 16.8. The van der Waals surface area contributed by atoms with Gasteiger partial charge in [0.05, 0.1) is 11.3 Å². The van der Waals surface area contributed by atoms with Crippen LogP contribution in [0.25, 0.3) is 0 Å². The van der Waals surface area contributed by atoms with E-state index in [1.807, 2.05) is 19.9 Å². The third-order valence-corrected chi connectivity index (χ3v) is 4.22. The molecule has 2 rings (SSSR count). The molecule has 1 aromatic rings. The van der Waals surface area contributed by atoms with E-state index < -0.39 is 0 Å². The van der Waals surface area contributed by atoms with E-state index in [2.05, 4.69) is 29.5 Å². The molecule has 1 fully saturated rings. The summed E-state index contributed by atoms with van der Waals surface area (Å²) in [5, 5.41) is 6.43. The number of aryl methyl sites for hydroxylation is 1. The van der Waals surface area contributed by atoms with Crippen molar-refractivity contribution < 1.29 is 4.79 Å². The van der Waals surface area contributed by atoms with Crippen LogP contribution < -0.4 is 10.6 Å². The molecule has 1 heterocycles. The minimum Gasteiger partial charge on any atom is -0.385 e. The zero-order valence-corrected chi connectivity index (χ0v) is 12.9. The molecule has 4 heteroatoms. The Labute approximate surface area is 121 Å². The Morgan fingerprint density at radius 2 is 2.25 bits per heavy atom. The summed E-state index contributed by atoms with van der Waals surface area (Å²) in [6, 6.07) is 2.18. The lowest BCUT2D eigenvalue weighted by Crippen LogP contribution is -2.41. The van der Waals surface area contributed by atoms with Crippen molar-refractivity contribution in [3.8, 4) is 0 Å². The molecule has 0 spiro atoms. The van der Waals surface area contributed by atoms with Crippen LogP contribution in [0, 0.1) is 12.3 Å². The number of pyridine rings is 1. The Kier molecular flexibility index (Phi) is 4.31. The molecule has 4 nitrogen and oxygen atoms in total. The number of amides is 1. The van der Waals surface area contributed by atoms with Gasteiger partial charge in [0.25, 0.3) is 5.91 Å². The predicted octanol–water partition coefficient (Wildman–Crippen LogP) is 3.13. The number of carbonyl (C=O) groups excluding carboxylic acids is 1. The number of rotatable bonds is 4. The minimum atomic E-state index is -0.0200. The number of nitrogens with one attached hydrogen (secondary N) is 2. The SMILES string of the molecule is CCNc1cc(C)ncc1C(=O)NC1CCCC1(C)C. The first kappa shape index (κ1) is 14.8. The first-order valence-electron chi connectivity index (χ1n) is 7.45. The second-order valence-electron chi connectivity index (χ2n) is 6.31. The van der Waals surface area contributed by atoms with Gasteiger partial charge in [-0.25, -0.2) is 0 Å². The fourth-order valence-electron chi connectivity index (χ4n) is 2.91. The number of hydrogen-bond acceptors (Lipinski definition) is 3. The van der Waals surface area contributed by atoms with Crippen LogP contribution in [0.1, 0.15) is 56.1 Å². The summed E-state index contributed by atoms with van der Waals surface area (Å²) in [6.45, 7) is 9.20. The van der Waals surface area contributed by atoms with Gasteiger partial charge in [0.1, 0.15) is 0 Å². The largest absolute Gasteiger partial charge is 0.385 e. The van der Waals surface area contributed by atoms with Crippen LogP contribution in [0.3, 0.4) is 0 Å². The van der Waals surface area contributed by atoms with Crippen LogP contribution in [-0.4, -0.2) is 23.5 Å². The van der Waals surface area contributed by atoms with Crippen LogP contribution in [0.2, 0.25) is 0 Å². The maximum Gasteiger partial charge on any atom is 0.255 e. The molecule has 0 aromatic carbocycles. The van der Waals surface area contributed by atoms with Crippen molar-refractivity contribution in [1.82, 2.24) is 10.3 Å². The van der Waals surface area contributed by atoms with Crippen molar-refractivity contribution in [2.45, 2.75) is 53.0 Å². The highest BCUT2D eigenvalue weighted by Crippen LogP contribution is 2.37. The first-order chi connectivity index (χ1) is 9.44. The third kappa shape index (κ3) is 3.11. The zero-order valence-electron chi connectivity index (χ0n) is 12.9. The molecule has 1 saturated carbocycles. The molecule has 0 aliphatic heterocycles. The molecule has 0 radical (unpaired) electrons. The summed E-state index contributed by atoms with van der Waals surface area (Å²) in [5.74, 6) is -0.0200. The summed E-state index contributed by atoms with van der Waals surface area (Å²) in [5.41, 5.74) is 2.61. The van der Waals surface area contributed by atoms with Gasteiger partial charge in [-0.15, -0.1) is 0 Å². The fourth-order valence-corrected chi connectivity index (χ4v) is 2.91. The van der Waals surface area contributed by atoms with Gasteiger partial charge in [-0.1, -0.05) is 20.3 Å². The Bertz CT molecular complexity index is 496. The molecule has 110 valence electrons. The molecule has 1 aliphatic rings. The van der Waals surface area contributed by atoms with Gasteiger partial charge in [-0.05, 0) is 38.2 Å². The van der Waals surface area contributed by atoms with Gasteiger partial charge in [-0.3, -0.25) is 9.78 Å². The molecule has 1 amide bonds. The third-order valence-electron chi connectivity index (χ3n) is 4.22. The van der Waals surface area contributed by atoms with Gasteiger partial charge in [-0.2, -0.15) is 0 Å². The molecular weight excluding hydrogens is 250 g/mol. The highest BCUT2D eigenvalue weighted by Gasteiger charge is 2.35. The molecule has 1 aromatic heterocycles. The van der Waals surface area contributed by atoms with Crippen molar-refractivity contribution in [2.24, 2.45) is 5.41 Å². The highest BCUT2D eigenvalue weighted by atomic mass is 16.1. The zero-order chi connectivity index (χ0) is 14.8. The molecule has 1 atom stereocenters. The van der Waals surface area contributed by atoms with Crippen molar-refractivity contribution >= 4 is 11.6 Å². The normalized spacial score (nSPS) is 20.7. The van der Waals surface area contributed by atoms with E-state index in [-0.39, 0.29) is 17.4 Å². The van der Waals surface area contributed by atoms with Gasteiger partial charge >= 0.3 is 0 Å². The van der Waals surface area contributed by atoms with Crippen LogP contribution in [0.4, 0.5) is 5.69 Å². The van der Waals surface area contributed by atoms with E-state index in [9.17, 15) is 4.79 Å². The summed E-state index contributed by atoms with van der Waals surface area (Å²) in [6.07, 6.45) is 5.09. The maximum absolute atomic E-state index is 12.5. The number of aromatic nitrogens is 1. The van der Waals surface area contributed by atoms with Crippen LogP contribution in [0.15, 0.2) is 12.3 Å². The standard InChI is InChI=1S/C16H25N3O/c1-5-17-13-9-11(2)18-10-12(13)15(20)19-14-7-6-8-16(14,3)4/h9-10,14H,5-8H2,1-4H3,(H,17,18)(H,19,20). The monoisotopic (exact) mass is 275 g/mol. The van der Waals surface area contributed by atoms with Gasteiger partial charge in [0, 0.05) is 24.5 Å². The van der Waals surface area contributed by atoms with E-state index in [1.54, 1.807) is 6.20 Å². The lowest BCUT2D eigenvalue weighted by Gasteiger charge is -2.28. The predicted molar refractivity (Wildman–Crippen MR) is 82.0 cm³/mol. The van der Waals surface area contributed by atoms with Crippen molar-refractivity contribution in [3.05, 3.63) is 23.5 Å². The average Bonchev–Trinajstić information content (AvgIpc) is 2.69. The lowest BCUT2D eigenvalue weighted by atomic mass is 9.87. The quantitative estimate of drug-likeness (QED) is 0.887. The summed E-state index contributed by atoms with van der Waals surface area (Å²) in [7, 11) is 0. The van der Waals surface area contributed by atoms with E-state index >= 15 is 0 Å². The van der Waals surface area contributed by atoms with E-state index in [0.29, 0.717) is 5.56 Å². The van der Waals surface area contributed by atoms with E-state index in [0.717, 1.165) is 24.3 Å². The number of hydrogen-bond donors (Lipinski definition) is 2. The number of anilines is 1. The van der Waals surface area contributed by atoms with Crippen molar-refractivity contribution in [3.63, 3.8) is 0 Å². The molecular formula is C16H25N3O. The molecule has 0 saturated heterocycles. The fraction of sp³-hybridized carbons (Fsp3) is 0.625. The van der Waals surface area contributed by atoms with Gasteiger partial charge in [0.15, 0.2) is 0 Å². The Hall–Kier alpha value is -1.58. The number of carbonyl (C=O) groups is 1. The van der Waals surface area contributed by atoms with E-state index in [4.69, 9.17) is 0 Å². The van der Waals surface area contributed by atoms with Crippen LogP contribution in [-0.2, 0) is 0 Å². The number of nitrogens with zero attached hydrogens (tertiary/aromatic N) is 1. The minimum absolute atomic E-state index is 0.0200. The summed E-state index contributed by atoms with van der Waals surface area (Å²) < 4.78 is 0. The van der Waals surface area contributed by atoms with Crippen LogP contribution >= 0.6 is 0 Å². The molecule has 0 bridgehead atoms. The lowest BCUT2D eigenvalue weighted by molar-refractivity contribution is 0.0910. The average molecular weight is 275 g/mol. The van der Waals surface area contributed by atoms with E-state index in [1.165, 1.54) is 12.8 Å². The molecule has 1 aliphatic carbocycles. The highest BCUT2D eigenvalue weighted by molar-refractivity contribution is 5.99. The maximum atomic E-state index is 12.5. The molecule has 20 heavy (non-hydrogen) atoms. The topological polar surface area (TPSA) is 54.0 Å². The summed E-state index contributed by atoms with van der Waals surface area (Å²) >= 11 is 0. The molecule has 1 unspecified atom stereocenters. The van der Waals surface area contributed by atoms with Gasteiger partial charge in [0.2, 0.25) is 0 Å². The second-order valence-corrected chi connectivity index (χ2v) is 6.31. The van der Waals surface area contributed by atoms with Crippen molar-refractivity contribution in [1.29, 1.82) is 0 Å². The Balaban J connectivity index is 2.17. The Morgan fingerprint density at radius 1 is 1.50 bits per heavy atom. The van der Waals surface area contributed by atoms with Crippen LogP contribution in [0.5, 0.6) is 0 Å². The molecule has 2 N–H and O–H groups in total. The van der Waals surface area contributed by atoms with Gasteiger partial charge < -0.3 is 10.6 Å². The first-order valence-corrected chi connectivity index (χ1v) is 7.45. The Morgan fingerprint density at radius 3 is 2.85 bits per heavy atom. The smallest absolute Gasteiger partial charge is 0.255 e.